The van der Waals surface area contributed by atoms with Crippen LogP contribution in [0.3, 0.4) is 0 Å². The van der Waals surface area contributed by atoms with Gasteiger partial charge in [-0.2, -0.15) is 0 Å². The molecule has 1 aromatic heterocycles. The number of benzene rings is 1. The number of anilines is 1. The molecule has 1 N–H and O–H groups in total. The standard InChI is InChI=1S/C19H20Cl2N2O/c20-16-9-8-14(12-17(16)21)15(11-13-5-1-2-6-13)19(24)23-18-7-3-4-10-22-18/h3-4,7-10,12-13,15H,1-2,5-6,11H2,(H,22,23,24)/t15-/m0/s1. The van der Waals surface area contributed by atoms with E-state index in [4.69, 9.17) is 23.2 Å². The van der Waals surface area contributed by atoms with Gasteiger partial charge in [0.1, 0.15) is 5.82 Å². The number of carbonyl (C=O) groups is 1. The lowest BCUT2D eigenvalue weighted by Crippen LogP contribution is -2.23. The summed E-state index contributed by atoms with van der Waals surface area (Å²) >= 11 is 12.2. The van der Waals surface area contributed by atoms with E-state index in [2.05, 4.69) is 10.3 Å². The van der Waals surface area contributed by atoms with Crippen molar-refractivity contribution in [2.45, 2.75) is 38.0 Å². The molecule has 1 atom stereocenters. The fraction of sp³-hybridized carbons (Fsp3) is 0.368. The zero-order chi connectivity index (χ0) is 16.9. The summed E-state index contributed by atoms with van der Waals surface area (Å²) in [6.07, 6.45) is 7.38. The van der Waals surface area contributed by atoms with Gasteiger partial charge in [-0.1, -0.05) is 61.0 Å². The minimum Gasteiger partial charge on any atom is -0.310 e. The SMILES string of the molecule is O=C(Nc1ccccn1)[C@@H](CC1CCCC1)c1ccc(Cl)c(Cl)c1. The van der Waals surface area contributed by atoms with E-state index in [0.717, 1.165) is 12.0 Å². The van der Waals surface area contributed by atoms with Crippen LogP contribution in [-0.2, 0) is 4.79 Å². The van der Waals surface area contributed by atoms with E-state index < -0.39 is 0 Å². The first-order chi connectivity index (χ1) is 11.6. The third kappa shape index (κ3) is 4.28. The van der Waals surface area contributed by atoms with Crippen LogP contribution in [0.25, 0.3) is 0 Å². The normalized spacial score (nSPS) is 16.1. The maximum absolute atomic E-state index is 12.9. The van der Waals surface area contributed by atoms with Gasteiger partial charge in [-0.3, -0.25) is 4.79 Å². The molecule has 24 heavy (non-hydrogen) atoms. The minimum absolute atomic E-state index is 0.0426. The fourth-order valence-corrected chi connectivity index (χ4v) is 3.66. The summed E-state index contributed by atoms with van der Waals surface area (Å²) in [4.78, 5) is 17.0. The van der Waals surface area contributed by atoms with E-state index in [1.807, 2.05) is 24.3 Å². The van der Waals surface area contributed by atoms with Gasteiger partial charge in [0.25, 0.3) is 0 Å². The van der Waals surface area contributed by atoms with Crippen molar-refractivity contribution in [2.24, 2.45) is 5.92 Å². The number of amides is 1. The van der Waals surface area contributed by atoms with Crippen molar-refractivity contribution in [1.29, 1.82) is 0 Å². The van der Waals surface area contributed by atoms with Crippen molar-refractivity contribution in [1.82, 2.24) is 4.98 Å². The minimum atomic E-state index is -0.245. The highest BCUT2D eigenvalue weighted by molar-refractivity contribution is 6.42. The van der Waals surface area contributed by atoms with E-state index in [0.29, 0.717) is 21.8 Å². The second-order valence-electron chi connectivity index (χ2n) is 6.32. The number of rotatable bonds is 5. The summed E-state index contributed by atoms with van der Waals surface area (Å²) in [7, 11) is 0. The first-order valence-electron chi connectivity index (χ1n) is 8.30. The van der Waals surface area contributed by atoms with E-state index in [1.54, 1.807) is 18.3 Å². The van der Waals surface area contributed by atoms with Crippen LogP contribution in [0.15, 0.2) is 42.6 Å². The number of aromatic nitrogens is 1. The number of pyridine rings is 1. The van der Waals surface area contributed by atoms with Crippen molar-refractivity contribution in [3.63, 3.8) is 0 Å². The second-order valence-corrected chi connectivity index (χ2v) is 7.13. The predicted molar refractivity (Wildman–Crippen MR) is 98.6 cm³/mol. The molecule has 1 aromatic carbocycles. The smallest absolute Gasteiger partial charge is 0.233 e. The van der Waals surface area contributed by atoms with Gasteiger partial charge in [0.2, 0.25) is 5.91 Å². The van der Waals surface area contributed by atoms with E-state index >= 15 is 0 Å². The highest BCUT2D eigenvalue weighted by Gasteiger charge is 2.27. The Morgan fingerprint density at radius 2 is 1.96 bits per heavy atom. The van der Waals surface area contributed by atoms with Crippen LogP contribution < -0.4 is 5.32 Å². The Balaban J connectivity index is 1.82. The number of halogens is 2. The molecule has 0 radical (unpaired) electrons. The van der Waals surface area contributed by atoms with Crippen molar-refractivity contribution < 1.29 is 4.79 Å². The number of hydrogen-bond acceptors (Lipinski definition) is 2. The molecule has 2 aromatic rings. The molecular weight excluding hydrogens is 343 g/mol. The molecule has 126 valence electrons. The summed E-state index contributed by atoms with van der Waals surface area (Å²) in [5.41, 5.74) is 0.907. The molecule has 0 unspecified atom stereocenters. The van der Waals surface area contributed by atoms with Gasteiger partial charge in [-0.15, -0.1) is 0 Å². The topological polar surface area (TPSA) is 42.0 Å². The number of hydrogen-bond donors (Lipinski definition) is 1. The summed E-state index contributed by atoms with van der Waals surface area (Å²) in [5, 5.41) is 3.91. The maximum atomic E-state index is 12.9. The van der Waals surface area contributed by atoms with Gasteiger partial charge in [-0.05, 0) is 42.2 Å². The molecular formula is C19H20Cl2N2O. The summed E-state index contributed by atoms with van der Waals surface area (Å²) in [5.74, 6) is 0.863. The van der Waals surface area contributed by atoms with E-state index in [-0.39, 0.29) is 11.8 Å². The van der Waals surface area contributed by atoms with Crippen LogP contribution in [-0.4, -0.2) is 10.9 Å². The Kier molecular flexibility index (Phi) is 5.75. The molecule has 1 amide bonds. The van der Waals surface area contributed by atoms with Crippen LogP contribution in [0, 0.1) is 5.92 Å². The van der Waals surface area contributed by atoms with Gasteiger partial charge in [0, 0.05) is 6.20 Å². The van der Waals surface area contributed by atoms with Crippen LogP contribution in [0.1, 0.15) is 43.6 Å². The third-order valence-electron chi connectivity index (χ3n) is 4.62. The van der Waals surface area contributed by atoms with Gasteiger partial charge in [0.05, 0.1) is 16.0 Å². The van der Waals surface area contributed by atoms with Gasteiger partial charge < -0.3 is 5.32 Å². The van der Waals surface area contributed by atoms with Gasteiger partial charge in [0.15, 0.2) is 0 Å². The maximum Gasteiger partial charge on any atom is 0.233 e. The Bertz CT molecular complexity index is 700. The van der Waals surface area contributed by atoms with E-state index in [1.165, 1.54) is 25.7 Å². The number of nitrogens with zero attached hydrogens (tertiary/aromatic N) is 1. The highest BCUT2D eigenvalue weighted by Crippen LogP contribution is 2.36. The van der Waals surface area contributed by atoms with Crippen molar-refractivity contribution in [2.75, 3.05) is 5.32 Å². The second kappa shape index (κ2) is 8.00. The van der Waals surface area contributed by atoms with Crippen molar-refractivity contribution in [3.8, 4) is 0 Å². The Morgan fingerprint density at radius 3 is 2.62 bits per heavy atom. The van der Waals surface area contributed by atoms with E-state index in [9.17, 15) is 4.79 Å². The lowest BCUT2D eigenvalue weighted by molar-refractivity contribution is -0.118. The molecule has 0 saturated heterocycles. The third-order valence-corrected chi connectivity index (χ3v) is 5.36. The molecule has 0 aliphatic heterocycles. The molecule has 1 aliphatic carbocycles. The first-order valence-corrected chi connectivity index (χ1v) is 9.06. The van der Waals surface area contributed by atoms with Crippen LogP contribution >= 0.6 is 23.2 Å². The van der Waals surface area contributed by atoms with Crippen molar-refractivity contribution in [3.05, 3.63) is 58.2 Å². The van der Waals surface area contributed by atoms with Crippen LogP contribution in [0.2, 0.25) is 10.0 Å². The zero-order valence-electron chi connectivity index (χ0n) is 13.3. The molecule has 1 saturated carbocycles. The molecule has 1 fully saturated rings. The summed E-state index contributed by atoms with van der Waals surface area (Å²) < 4.78 is 0. The van der Waals surface area contributed by atoms with Crippen LogP contribution in [0.5, 0.6) is 0 Å². The van der Waals surface area contributed by atoms with Crippen LogP contribution in [0.4, 0.5) is 5.82 Å². The molecule has 5 heteroatoms. The Labute approximate surface area is 152 Å². The lowest BCUT2D eigenvalue weighted by atomic mass is 9.87. The Hall–Kier alpha value is -1.58. The molecule has 0 bridgehead atoms. The number of nitrogens with one attached hydrogen (secondary N) is 1. The molecule has 1 heterocycles. The van der Waals surface area contributed by atoms with Gasteiger partial charge in [-0.25, -0.2) is 4.98 Å². The molecule has 1 aliphatic rings. The quantitative estimate of drug-likeness (QED) is 0.741. The monoisotopic (exact) mass is 362 g/mol. The average Bonchev–Trinajstić information content (AvgIpc) is 3.09. The summed E-state index contributed by atoms with van der Waals surface area (Å²) in [6.45, 7) is 0. The summed E-state index contributed by atoms with van der Waals surface area (Å²) in [6, 6.07) is 10.9. The molecule has 0 spiro atoms. The van der Waals surface area contributed by atoms with Gasteiger partial charge >= 0.3 is 0 Å². The molecule has 3 nitrogen and oxygen atoms in total. The van der Waals surface area contributed by atoms with Crippen molar-refractivity contribution >= 4 is 34.9 Å². The average molecular weight is 363 g/mol. The zero-order valence-corrected chi connectivity index (χ0v) is 14.9. The molecule has 3 rings (SSSR count). The highest BCUT2D eigenvalue weighted by atomic mass is 35.5. The Morgan fingerprint density at radius 1 is 1.17 bits per heavy atom. The lowest BCUT2D eigenvalue weighted by Gasteiger charge is -2.21. The predicted octanol–water partition coefficient (Wildman–Crippen LogP) is 5.69. The largest absolute Gasteiger partial charge is 0.310 e. The fourth-order valence-electron chi connectivity index (χ4n) is 3.35. The first kappa shape index (κ1) is 17.2. The number of carbonyl (C=O) groups excluding carboxylic acids is 1.